The van der Waals surface area contributed by atoms with E-state index in [-0.39, 0.29) is 12.2 Å². The molecule has 0 fully saturated rings. The predicted octanol–water partition coefficient (Wildman–Crippen LogP) is 2.29. The lowest BCUT2D eigenvalue weighted by Gasteiger charge is -2.16. The van der Waals surface area contributed by atoms with E-state index in [2.05, 4.69) is 5.32 Å². The molecule has 0 unspecified atom stereocenters. The molecule has 0 heterocycles. The molecule has 98 valence electrons. The number of amides is 1. The second kappa shape index (κ2) is 6.11. The first-order valence-electron chi connectivity index (χ1n) is 5.93. The van der Waals surface area contributed by atoms with Crippen LogP contribution in [0.5, 0.6) is 0 Å². The average molecular weight is 259 g/mol. The minimum atomic E-state index is -0.503. The highest BCUT2D eigenvalue weighted by Gasteiger charge is 2.14. The molecule has 0 aliphatic carbocycles. The molecular formula is C15H14FNO2. The van der Waals surface area contributed by atoms with Crippen molar-refractivity contribution in [1.82, 2.24) is 5.32 Å². The van der Waals surface area contributed by atoms with Crippen molar-refractivity contribution in [2.75, 3.05) is 6.61 Å². The molecule has 0 aliphatic heterocycles. The Morgan fingerprint density at radius 1 is 1.16 bits per heavy atom. The Bertz CT molecular complexity index is 557. The van der Waals surface area contributed by atoms with Crippen LogP contribution in [0.1, 0.15) is 22.0 Å². The van der Waals surface area contributed by atoms with Crippen LogP contribution in [0.4, 0.5) is 4.39 Å². The fraction of sp³-hybridized carbons (Fsp3) is 0.133. The fourth-order valence-electron chi connectivity index (χ4n) is 1.79. The van der Waals surface area contributed by atoms with Gasteiger partial charge in [0.2, 0.25) is 0 Å². The Labute approximate surface area is 110 Å². The van der Waals surface area contributed by atoms with Gasteiger partial charge in [0.1, 0.15) is 5.82 Å². The van der Waals surface area contributed by atoms with Gasteiger partial charge in [-0.1, -0.05) is 36.4 Å². The highest BCUT2D eigenvalue weighted by Crippen LogP contribution is 2.13. The summed E-state index contributed by atoms with van der Waals surface area (Å²) >= 11 is 0. The van der Waals surface area contributed by atoms with Crippen LogP contribution in [0, 0.1) is 5.82 Å². The second-order valence-corrected chi connectivity index (χ2v) is 4.13. The maximum absolute atomic E-state index is 13.0. The number of hydrogen-bond donors (Lipinski definition) is 2. The van der Waals surface area contributed by atoms with Crippen molar-refractivity contribution in [2.45, 2.75) is 6.04 Å². The van der Waals surface area contributed by atoms with Gasteiger partial charge in [0, 0.05) is 5.56 Å². The van der Waals surface area contributed by atoms with Crippen LogP contribution >= 0.6 is 0 Å². The molecule has 4 heteroatoms. The van der Waals surface area contributed by atoms with E-state index in [0.717, 1.165) is 11.6 Å². The van der Waals surface area contributed by atoms with E-state index in [1.54, 1.807) is 0 Å². The summed E-state index contributed by atoms with van der Waals surface area (Å²) in [5, 5.41) is 12.0. The molecule has 0 saturated heterocycles. The van der Waals surface area contributed by atoms with Crippen molar-refractivity contribution in [2.24, 2.45) is 0 Å². The first kappa shape index (κ1) is 13.2. The summed E-state index contributed by atoms with van der Waals surface area (Å²) < 4.78 is 13.0. The van der Waals surface area contributed by atoms with E-state index in [1.165, 1.54) is 18.2 Å². The Hall–Kier alpha value is -2.20. The molecule has 0 spiro atoms. The number of halogens is 1. The van der Waals surface area contributed by atoms with Crippen molar-refractivity contribution >= 4 is 5.91 Å². The molecule has 0 aromatic heterocycles. The van der Waals surface area contributed by atoms with Crippen LogP contribution in [-0.2, 0) is 0 Å². The number of aliphatic hydroxyl groups is 1. The fourth-order valence-corrected chi connectivity index (χ4v) is 1.79. The lowest BCUT2D eigenvalue weighted by Crippen LogP contribution is -2.30. The van der Waals surface area contributed by atoms with E-state index in [0.29, 0.717) is 0 Å². The number of carbonyl (C=O) groups excluding carboxylic acids is 1. The summed E-state index contributed by atoms with van der Waals surface area (Å²) in [6.45, 7) is -0.217. The van der Waals surface area contributed by atoms with Gasteiger partial charge >= 0.3 is 0 Å². The molecule has 19 heavy (non-hydrogen) atoms. The third kappa shape index (κ3) is 3.39. The number of hydrogen-bond acceptors (Lipinski definition) is 2. The number of rotatable bonds is 4. The highest BCUT2D eigenvalue weighted by atomic mass is 19.1. The average Bonchev–Trinajstić information content (AvgIpc) is 2.45. The van der Waals surface area contributed by atoms with Gasteiger partial charge in [-0.2, -0.15) is 0 Å². The normalized spacial score (nSPS) is 11.9. The van der Waals surface area contributed by atoms with Gasteiger partial charge < -0.3 is 10.4 Å². The summed E-state index contributed by atoms with van der Waals surface area (Å²) in [6, 6.07) is 14.1. The predicted molar refractivity (Wildman–Crippen MR) is 70.1 cm³/mol. The van der Waals surface area contributed by atoms with Gasteiger partial charge in [-0.05, 0) is 23.8 Å². The molecule has 0 radical (unpaired) electrons. The zero-order valence-corrected chi connectivity index (χ0v) is 10.2. The summed E-state index contributed by atoms with van der Waals surface area (Å²) in [6.07, 6.45) is 0. The number of benzene rings is 2. The van der Waals surface area contributed by atoms with E-state index >= 15 is 0 Å². The van der Waals surface area contributed by atoms with Crippen LogP contribution in [0.3, 0.4) is 0 Å². The van der Waals surface area contributed by atoms with Crippen LogP contribution < -0.4 is 5.32 Å². The van der Waals surface area contributed by atoms with E-state index in [1.807, 2.05) is 30.3 Å². The van der Waals surface area contributed by atoms with Crippen molar-refractivity contribution in [3.8, 4) is 0 Å². The molecular weight excluding hydrogens is 245 g/mol. The lowest BCUT2D eigenvalue weighted by molar-refractivity contribution is 0.0915. The summed E-state index contributed by atoms with van der Waals surface area (Å²) in [7, 11) is 0. The van der Waals surface area contributed by atoms with E-state index in [4.69, 9.17) is 0 Å². The second-order valence-electron chi connectivity index (χ2n) is 4.13. The zero-order valence-electron chi connectivity index (χ0n) is 10.2. The van der Waals surface area contributed by atoms with E-state index < -0.39 is 17.8 Å². The SMILES string of the molecule is O=C(N[C@H](CO)c1ccccc1)c1cccc(F)c1. The molecule has 2 N–H and O–H groups in total. The molecule has 3 nitrogen and oxygen atoms in total. The molecule has 1 amide bonds. The van der Waals surface area contributed by atoms with Gasteiger partial charge in [0.25, 0.3) is 5.91 Å². The van der Waals surface area contributed by atoms with Crippen LogP contribution in [0.15, 0.2) is 54.6 Å². The third-order valence-electron chi connectivity index (χ3n) is 2.78. The molecule has 0 aliphatic rings. The molecule has 1 atom stereocenters. The number of carbonyl (C=O) groups is 1. The smallest absolute Gasteiger partial charge is 0.251 e. The molecule has 2 aromatic rings. The van der Waals surface area contributed by atoms with Crippen molar-refractivity contribution in [1.29, 1.82) is 0 Å². The van der Waals surface area contributed by atoms with Crippen LogP contribution in [-0.4, -0.2) is 17.6 Å². The van der Waals surface area contributed by atoms with Crippen LogP contribution in [0.25, 0.3) is 0 Å². The standard InChI is InChI=1S/C15H14FNO2/c16-13-8-4-7-12(9-13)15(19)17-14(10-18)11-5-2-1-3-6-11/h1-9,14,18H,10H2,(H,17,19)/t14-/m1/s1. The monoisotopic (exact) mass is 259 g/mol. The van der Waals surface area contributed by atoms with Crippen LogP contribution in [0.2, 0.25) is 0 Å². The lowest BCUT2D eigenvalue weighted by atomic mass is 10.1. The van der Waals surface area contributed by atoms with Gasteiger partial charge in [-0.15, -0.1) is 0 Å². The first-order valence-corrected chi connectivity index (χ1v) is 5.93. The first-order chi connectivity index (χ1) is 9.20. The number of nitrogens with one attached hydrogen (secondary N) is 1. The zero-order chi connectivity index (χ0) is 13.7. The molecule has 2 rings (SSSR count). The molecule has 0 saturated carbocycles. The minimum Gasteiger partial charge on any atom is -0.394 e. The highest BCUT2D eigenvalue weighted by molar-refractivity contribution is 5.94. The summed E-state index contributed by atoms with van der Waals surface area (Å²) in [5.41, 5.74) is 1.03. The van der Waals surface area contributed by atoms with Gasteiger partial charge in [0.15, 0.2) is 0 Å². The molecule has 2 aromatic carbocycles. The molecule has 0 bridgehead atoms. The number of aliphatic hydroxyl groups excluding tert-OH is 1. The van der Waals surface area contributed by atoms with Gasteiger partial charge in [-0.3, -0.25) is 4.79 Å². The van der Waals surface area contributed by atoms with Gasteiger partial charge in [-0.25, -0.2) is 4.39 Å². The largest absolute Gasteiger partial charge is 0.394 e. The third-order valence-corrected chi connectivity index (χ3v) is 2.78. The van der Waals surface area contributed by atoms with Crippen molar-refractivity contribution < 1.29 is 14.3 Å². The Morgan fingerprint density at radius 3 is 2.53 bits per heavy atom. The Kier molecular flexibility index (Phi) is 4.26. The Balaban J connectivity index is 2.13. The van der Waals surface area contributed by atoms with Crippen molar-refractivity contribution in [3.05, 3.63) is 71.5 Å². The van der Waals surface area contributed by atoms with Crippen molar-refractivity contribution in [3.63, 3.8) is 0 Å². The summed E-state index contributed by atoms with van der Waals surface area (Å²) in [5.74, 6) is -0.879. The van der Waals surface area contributed by atoms with E-state index in [9.17, 15) is 14.3 Å². The Morgan fingerprint density at radius 2 is 1.89 bits per heavy atom. The summed E-state index contributed by atoms with van der Waals surface area (Å²) in [4.78, 5) is 12.0. The quantitative estimate of drug-likeness (QED) is 0.885. The topological polar surface area (TPSA) is 49.3 Å². The maximum Gasteiger partial charge on any atom is 0.251 e. The van der Waals surface area contributed by atoms with Gasteiger partial charge in [0.05, 0.1) is 12.6 Å². The minimum absolute atomic E-state index is 0.217. The maximum atomic E-state index is 13.0.